The van der Waals surface area contributed by atoms with E-state index in [-0.39, 0.29) is 0 Å². The maximum Gasteiger partial charge on any atom is 0.194 e. The Kier molecular flexibility index (Phi) is 6.11. The number of benzene rings is 1. The van der Waals surface area contributed by atoms with Crippen LogP contribution >= 0.6 is 11.6 Å². The third-order valence-electron chi connectivity index (χ3n) is 4.79. The Labute approximate surface area is 159 Å². The van der Waals surface area contributed by atoms with Gasteiger partial charge in [-0.15, -0.1) is 10.2 Å². The Balaban J connectivity index is 1.49. The number of guanidine groups is 1. The molecule has 0 saturated carbocycles. The van der Waals surface area contributed by atoms with Crippen LogP contribution in [0.15, 0.2) is 29.3 Å². The second-order valence-electron chi connectivity index (χ2n) is 6.51. The number of aliphatic imine (C=N–C) groups is 1. The zero-order chi connectivity index (χ0) is 18.5. The van der Waals surface area contributed by atoms with Crippen molar-refractivity contribution >= 4 is 17.6 Å². The normalized spacial score (nSPS) is 16.2. The van der Waals surface area contributed by atoms with Crippen molar-refractivity contribution in [1.29, 1.82) is 0 Å². The van der Waals surface area contributed by atoms with Crippen LogP contribution in [0.1, 0.15) is 17.2 Å². The quantitative estimate of drug-likeness (QED) is 0.650. The van der Waals surface area contributed by atoms with Crippen molar-refractivity contribution < 1.29 is 0 Å². The molecule has 26 heavy (non-hydrogen) atoms. The molecule has 1 N–H and O–H groups in total. The Morgan fingerprint density at radius 2 is 1.85 bits per heavy atom. The average molecular weight is 376 g/mol. The van der Waals surface area contributed by atoms with Crippen molar-refractivity contribution in [2.24, 2.45) is 12.0 Å². The maximum atomic E-state index is 5.96. The molecule has 0 unspecified atom stereocenters. The molecule has 2 heterocycles. The molecule has 0 spiro atoms. The summed E-state index contributed by atoms with van der Waals surface area (Å²) in [5, 5.41) is 12.5. The fraction of sp³-hybridized carbons (Fsp3) is 0.500. The lowest BCUT2D eigenvalue weighted by atomic mass is 10.2. The van der Waals surface area contributed by atoms with Crippen LogP contribution in [0.3, 0.4) is 0 Å². The Bertz CT molecular complexity index is 745. The van der Waals surface area contributed by atoms with Gasteiger partial charge >= 0.3 is 0 Å². The highest BCUT2D eigenvalue weighted by Crippen LogP contribution is 2.13. The van der Waals surface area contributed by atoms with Gasteiger partial charge in [-0.3, -0.25) is 9.89 Å². The first-order chi connectivity index (χ1) is 12.6. The summed E-state index contributed by atoms with van der Waals surface area (Å²) >= 11 is 5.96. The average Bonchev–Trinajstić information content (AvgIpc) is 2.97. The molecule has 0 atom stereocenters. The summed E-state index contributed by atoms with van der Waals surface area (Å²) in [7, 11) is 3.80. The topological polar surface area (TPSA) is 61.6 Å². The fourth-order valence-corrected chi connectivity index (χ4v) is 3.19. The Hall–Kier alpha value is -2.12. The van der Waals surface area contributed by atoms with E-state index in [0.29, 0.717) is 6.54 Å². The number of nitrogens with zero attached hydrogens (tertiary/aromatic N) is 6. The van der Waals surface area contributed by atoms with E-state index in [2.05, 4.69) is 42.4 Å². The molecule has 1 aromatic carbocycles. The third-order valence-corrected chi connectivity index (χ3v) is 5.04. The van der Waals surface area contributed by atoms with Crippen molar-refractivity contribution in [3.8, 4) is 0 Å². The van der Waals surface area contributed by atoms with Gasteiger partial charge in [0, 0.05) is 51.8 Å². The van der Waals surface area contributed by atoms with E-state index in [1.165, 1.54) is 5.56 Å². The molecular weight excluding hydrogens is 350 g/mol. The first kappa shape index (κ1) is 18.7. The number of nitrogens with one attached hydrogen (secondary N) is 1. The van der Waals surface area contributed by atoms with Gasteiger partial charge in [0.15, 0.2) is 11.8 Å². The number of halogens is 1. The summed E-state index contributed by atoms with van der Waals surface area (Å²) in [6.07, 6.45) is 0. The van der Waals surface area contributed by atoms with Crippen molar-refractivity contribution in [1.82, 2.24) is 29.9 Å². The molecule has 2 aromatic rings. The molecule has 7 nitrogen and oxygen atoms in total. The summed E-state index contributed by atoms with van der Waals surface area (Å²) in [5.41, 5.74) is 1.29. The standard InChI is InChI=1S/C18H26ClN7/c1-14-22-23-17(24(14)3)12-21-18(20-2)26-10-8-25(9-11-26)13-15-4-6-16(19)7-5-15/h4-7H,8-13H2,1-3H3,(H,20,21). The predicted octanol–water partition coefficient (Wildman–Crippen LogP) is 1.67. The molecular formula is C18H26ClN7. The molecule has 8 heteroatoms. The van der Waals surface area contributed by atoms with E-state index < -0.39 is 0 Å². The molecule has 0 bridgehead atoms. The van der Waals surface area contributed by atoms with Crippen LogP contribution in [-0.2, 0) is 20.1 Å². The number of aryl methyl sites for hydroxylation is 1. The first-order valence-corrected chi connectivity index (χ1v) is 9.22. The van der Waals surface area contributed by atoms with E-state index >= 15 is 0 Å². The van der Waals surface area contributed by atoms with Gasteiger partial charge in [-0.05, 0) is 24.6 Å². The van der Waals surface area contributed by atoms with Crippen LogP contribution in [0.25, 0.3) is 0 Å². The Morgan fingerprint density at radius 3 is 2.42 bits per heavy atom. The van der Waals surface area contributed by atoms with Gasteiger partial charge in [0.05, 0.1) is 6.54 Å². The van der Waals surface area contributed by atoms with Crippen molar-refractivity contribution in [2.75, 3.05) is 33.2 Å². The number of aromatic nitrogens is 3. The van der Waals surface area contributed by atoms with Crippen LogP contribution in [-0.4, -0.2) is 63.8 Å². The van der Waals surface area contributed by atoms with Gasteiger partial charge in [-0.25, -0.2) is 0 Å². The van der Waals surface area contributed by atoms with Crippen LogP contribution < -0.4 is 5.32 Å². The first-order valence-electron chi connectivity index (χ1n) is 8.84. The van der Waals surface area contributed by atoms with E-state index in [4.69, 9.17) is 11.6 Å². The highest BCUT2D eigenvalue weighted by molar-refractivity contribution is 6.30. The van der Waals surface area contributed by atoms with Gasteiger partial charge < -0.3 is 14.8 Å². The van der Waals surface area contributed by atoms with Crippen molar-refractivity contribution in [2.45, 2.75) is 20.0 Å². The minimum absolute atomic E-state index is 0.620. The molecule has 0 aliphatic carbocycles. The smallest absolute Gasteiger partial charge is 0.194 e. The number of hydrogen-bond acceptors (Lipinski definition) is 4. The molecule has 1 aliphatic heterocycles. The van der Waals surface area contributed by atoms with Crippen LogP contribution in [0.2, 0.25) is 5.02 Å². The minimum Gasteiger partial charge on any atom is -0.349 e. The summed E-state index contributed by atoms with van der Waals surface area (Å²) in [6.45, 7) is 7.44. The second-order valence-corrected chi connectivity index (χ2v) is 6.95. The van der Waals surface area contributed by atoms with E-state index in [1.807, 2.05) is 37.7 Å². The van der Waals surface area contributed by atoms with Crippen LogP contribution in [0.4, 0.5) is 0 Å². The van der Waals surface area contributed by atoms with Gasteiger partial charge in [-0.2, -0.15) is 0 Å². The van der Waals surface area contributed by atoms with Crippen molar-refractivity contribution in [3.05, 3.63) is 46.5 Å². The molecule has 0 amide bonds. The number of rotatable bonds is 4. The van der Waals surface area contributed by atoms with Gasteiger partial charge in [0.25, 0.3) is 0 Å². The molecule has 1 fully saturated rings. The summed E-state index contributed by atoms with van der Waals surface area (Å²) in [4.78, 5) is 9.17. The minimum atomic E-state index is 0.620. The molecule has 1 aromatic heterocycles. The van der Waals surface area contributed by atoms with E-state index in [0.717, 1.165) is 55.4 Å². The zero-order valence-electron chi connectivity index (χ0n) is 15.6. The third kappa shape index (κ3) is 4.53. The highest BCUT2D eigenvalue weighted by Gasteiger charge is 2.20. The maximum absolute atomic E-state index is 5.96. The zero-order valence-corrected chi connectivity index (χ0v) is 16.4. The molecule has 1 aliphatic rings. The second kappa shape index (κ2) is 8.51. The van der Waals surface area contributed by atoms with Gasteiger partial charge in [0.1, 0.15) is 5.82 Å². The summed E-state index contributed by atoms with van der Waals surface area (Å²) < 4.78 is 1.99. The summed E-state index contributed by atoms with van der Waals surface area (Å²) in [5.74, 6) is 2.73. The molecule has 140 valence electrons. The predicted molar refractivity (Wildman–Crippen MR) is 104 cm³/mol. The Morgan fingerprint density at radius 1 is 1.15 bits per heavy atom. The number of piperazine rings is 1. The van der Waals surface area contributed by atoms with Crippen molar-refractivity contribution in [3.63, 3.8) is 0 Å². The SMILES string of the molecule is CN=C(NCc1nnc(C)n1C)N1CCN(Cc2ccc(Cl)cc2)CC1. The van der Waals surface area contributed by atoms with Crippen LogP contribution in [0, 0.1) is 6.92 Å². The lowest BCUT2D eigenvalue weighted by Gasteiger charge is -2.36. The highest BCUT2D eigenvalue weighted by atomic mass is 35.5. The van der Waals surface area contributed by atoms with E-state index in [1.54, 1.807) is 0 Å². The summed E-state index contributed by atoms with van der Waals surface area (Å²) in [6, 6.07) is 8.09. The monoisotopic (exact) mass is 375 g/mol. The molecule has 0 radical (unpaired) electrons. The largest absolute Gasteiger partial charge is 0.349 e. The van der Waals surface area contributed by atoms with Crippen LogP contribution in [0.5, 0.6) is 0 Å². The molecule has 3 rings (SSSR count). The molecule has 1 saturated heterocycles. The lowest BCUT2D eigenvalue weighted by Crippen LogP contribution is -2.52. The fourth-order valence-electron chi connectivity index (χ4n) is 3.06. The lowest BCUT2D eigenvalue weighted by molar-refractivity contribution is 0.172. The van der Waals surface area contributed by atoms with Gasteiger partial charge in [-0.1, -0.05) is 23.7 Å². The number of hydrogen-bond donors (Lipinski definition) is 1. The van der Waals surface area contributed by atoms with E-state index in [9.17, 15) is 0 Å². The van der Waals surface area contributed by atoms with Gasteiger partial charge in [0.2, 0.25) is 0 Å².